The number of benzene rings is 1. The lowest BCUT2D eigenvalue weighted by Crippen LogP contribution is -2.37. The van der Waals surface area contributed by atoms with Crippen LogP contribution in [0.1, 0.15) is 62.2 Å². The van der Waals surface area contributed by atoms with Crippen LogP contribution >= 0.6 is 0 Å². The number of hydrogen-bond acceptors (Lipinski definition) is 2. The molecule has 0 bridgehead atoms. The van der Waals surface area contributed by atoms with Crippen molar-refractivity contribution in [2.75, 3.05) is 0 Å². The molecular formula is C20H26N2O2. The molecule has 0 radical (unpaired) electrons. The number of para-hydroxylation sites is 1. The second kappa shape index (κ2) is 7.65. The molecule has 0 saturated heterocycles. The highest BCUT2D eigenvalue weighted by Crippen LogP contribution is 2.22. The van der Waals surface area contributed by atoms with E-state index >= 15 is 0 Å². The minimum absolute atomic E-state index is 0.0328. The number of amides is 1. The van der Waals surface area contributed by atoms with E-state index in [4.69, 9.17) is 0 Å². The predicted molar refractivity (Wildman–Crippen MR) is 96.2 cm³/mol. The zero-order valence-corrected chi connectivity index (χ0v) is 14.4. The summed E-state index contributed by atoms with van der Waals surface area (Å²) in [5.41, 5.74) is 1.62. The number of hydrogen-bond donors (Lipinski definition) is 1. The maximum absolute atomic E-state index is 12.5. The quantitative estimate of drug-likeness (QED) is 0.861. The molecule has 1 amide bonds. The smallest absolute Gasteiger partial charge is 0.240 e. The fourth-order valence-corrected chi connectivity index (χ4v) is 3.69. The number of Topliss-reactive ketones (excluding diaryl/α,β-unsaturated/α-hetero) is 1. The summed E-state index contributed by atoms with van der Waals surface area (Å²) in [4.78, 5) is 24.3. The Kier molecular flexibility index (Phi) is 5.34. The summed E-state index contributed by atoms with van der Waals surface area (Å²) in [6, 6.07) is 8.07. The van der Waals surface area contributed by atoms with E-state index in [1.54, 1.807) is 6.92 Å². The molecule has 1 aromatic carbocycles. The van der Waals surface area contributed by atoms with Gasteiger partial charge < -0.3 is 9.88 Å². The third kappa shape index (κ3) is 3.86. The van der Waals surface area contributed by atoms with Gasteiger partial charge in [0.05, 0.1) is 0 Å². The molecule has 1 N–H and O–H groups in total. The minimum atomic E-state index is 0.0328. The first-order chi connectivity index (χ1) is 11.6. The number of rotatable bonds is 4. The Hall–Kier alpha value is -2.10. The predicted octanol–water partition coefficient (Wildman–Crippen LogP) is 4.07. The lowest BCUT2D eigenvalue weighted by atomic mass is 9.97. The van der Waals surface area contributed by atoms with Gasteiger partial charge in [-0.05, 0) is 25.8 Å². The van der Waals surface area contributed by atoms with Gasteiger partial charge >= 0.3 is 0 Å². The zero-order chi connectivity index (χ0) is 16.9. The lowest BCUT2D eigenvalue weighted by Gasteiger charge is -2.21. The molecule has 1 fully saturated rings. The SMILES string of the molecule is CC(=O)c1cn(CC(=O)NC2CCCCCCC2)c2ccccc12. The number of aromatic nitrogens is 1. The first kappa shape index (κ1) is 16.7. The van der Waals surface area contributed by atoms with Gasteiger partial charge in [-0.25, -0.2) is 0 Å². The van der Waals surface area contributed by atoms with Gasteiger partial charge in [-0.3, -0.25) is 9.59 Å². The summed E-state index contributed by atoms with van der Waals surface area (Å²) in [5, 5.41) is 4.11. The van der Waals surface area contributed by atoms with Crippen molar-refractivity contribution >= 4 is 22.6 Å². The summed E-state index contributed by atoms with van der Waals surface area (Å²) in [7, 11) is 0. The molecular weight excluding hydrogens is 300 g/mol. The van der Waals surface area contributed by atoms with Crippen LogP contribution in [0.4, 0.5) is 0 Å². The van der Waals surface area contributed by atoms with Crippen LogP contribution in [-0.2, 0) is 11.3 Å². The van der Waals surface area contributed by atoms with E-state index in [1.807, 2.05) is 35.0 Å². The Bertz CT molecular complexity index is 724. The van der Waals surface area contributed by atoms with Crippen LogP contribution in [0.25, 0.3) is 10.9 Å². The highest BCUT2D eigenvalue weighted by molar-refractivity contribution is 6.07. The second-order valence-electron chi connectivity index (χ2n) is 6.85. The molecule has 2 aromatic rings. The number of nitrogens with zero attached hydrogens (tertiary/aromatic N) is 1. The van der Waals surface area contributed by atoms with Crippen molar-refractivity contribution in [1.82, 2.24) is 9.88 Å². The average molecular weight is 326 g/mol. The maximum Gasteiger partial charge on any atom is 0.240 e. The van der Waals surface area contributed by atoms with E-state index in [0.29, 0.717) is 11.6 Å². The Balaban J connectivity index is 1.72. The molecule has 0 unspecified atom stereocenters. The van der Waals surface area contributed by atoms with Gasteiger partial charge in [0.15, 0.2) is 5.78 Å². The third-order valence-electron chi connectivity index (χ3n) is 4.95. The molecule has 1 aromatic heterocycles. The molecule has 1 aliphatic carbocycles. The largest absolute Gasteiger partial charge is 0.352 e. The second-order valence-corrected chi connectivity index (χ2v) is 6.85. The molecule has 0 atom stereocenters. The summed E-state index contributed by atoms with van der Waals surface area (Å²) >= 11 is 0. The van der Waals surface area contributed by atoms with Crippen LogP contribution in [0.2, 0.25) is 0 Å². The van der Waals surface area contributed by atoms with E-state index in [-0.39, 0.29) is 18.2 Å². The fourth-order valence-electron chi connectivity index (χ4n) is 3.69. The van der Waals surface area contributed by atoms with Crippen LogP contribution in [-0.4, -0.2) is 22.3 Å². The van der Waals surface area contributed by atoms with Crippen molar-refractivity contribution in [2.45, 2.75) is 64.5 Å². The molecule has 1 aliphatic rings. The standard InChI is InChI=1S/C20H26N2O2/c1-15(23)18-13-22(19-12-8-7-11-17(18)19)14-20(24)21-16-9-5-3-2-4-6-10-16/h7-8,11-13,16H,2-6,9-10,14H2,1H3,(H,21,24). The van der Waals surface area contributed by atoms with E-state index in [9.17, 15) is 9.59 Å². The normalized spacial score (nSPS) is 16.5. The monoisotopic (exact) mass is 326 g/mol. The lowest BCUT2D eigenvalue weighted by molar-refractivity contribution is -0.122. The van der Waals surface area contributed by atoms with Crippen LogP contribution in [0.3, 0.4) is 0 Å². The number of nitrogens with one attached hydrogen (secondary N) is 1. The van der Waals surface area contributed by atoms with Crippen molar-refractivity contribution in [3.63, 3.8) is 0 Å². The van der Waals surface area contributed by atoms with Gasteiger partial charge in [-0.2, -0.15) is 0 Å². The summed E-state index contributed by atoms with van der Waals surface area (Å²) in [5.74, 6) is 0.0711. The molecule has 4 heteroatoms. The average Bonchev–Trinajstić information content (AvgIpc) is 2.89. The van der Waals surface area contributed by atoms with Crippen molar-refractivity contribution in [2.24, 2.45) is 0 Å². The molecule has 4 nitrogen and oxygen atoms in total. The van der Waals surface area contributed by atoms with Crippen molar-refractivity contribution in [3.05, 3.63) is 36.0 Å². The highest BCUT2D eigenvalue weighted by Gasteiger charge is 2.16. The molecule has 3 rings (SSSR count). The van der Waals surface area contributed by atoms with Crippen LogP contribution in [0.15, 0.2) is 30.5 Å². The summed E-state index contributed by atoms with van der Waals surface area (Å²) in [6.07, 6.45) is 10.2. The highest BCUT2D eigenvalue weighted by atomic mass is 16.2. The first-order valence-corrected chi connectivity index (χ1v) is 9.03. The van der Waals surface area contributed by atoms with Crippen LogP contribution in [0, 0.1) is 0 Å². The van der Waals surface area contributed by atoms with E-state index in [0.717, 1.165) is 23.7 Å². The van der Waals surface area contributed by atoms with Crippen molar-refractivity contribution < 1.29 is 9.59 Å². The molecule has 0 aliphatic heterocycles. The van der Waals surface area contributed by atoms with E-state index < -0.39 is 0 Å². The zero-order valence-electron chi connectivity index (χ0n) is 14.4. The van der Waals surface area contributed by atoms with Gasteiger partial charge in [0.25, 0.3) is 0 Å². The summed E-state index contributed by atoms with van der Waals surface area (Å²) < 4.78 is 1.89. The van der Waals surface area contributed by atoms with Gasteiger partial charge in [0, 0.05) is 28.7 Å². The van der Waals surface area contributed by atoms with Gasteiger partial charge in [-0.15, -0.1) is 0 Å². The molecule has 1 heterocycles. The maximum atomic E-state index is 12.5. The Morgan fingerprint density at radius 1 is 1.08 bits per heavy atom. The van der Waals surface area contributed by atoms with E-state index in [2.05, 4.69) is 5.32 Å². The number of carbonyl (C=O) groups excluding carboxylic acids is 2. The number of ketones is 1. The molecule has 1 saturated carbocycles. The summed E-state index contributed by atoms with van der Waals surface area (Å²) in [6.45, 7) is 1.84. The molecule has 0 spiro atoms. The number of carbonyl (C=O) groups is 2. The van der Waals surface area contributed by atoms with Crippen LogP contribution < -0.4 is 5.32 Å². The van der Waals surface area contributed by atoms with Crippen LogP contribution in [0.5, 0.6) is 0 Å². The van der Waals surface area contributed by atoms with Gasteiger partial charge in [-0.1, -0.05) is 50.3 Å². The number of fused-ring (bicyclic) bond motifs is 1. The first-order valence-electron chi connectivity index (χ1n) is 9.03. The van der Waals surface area contributed by atoms with Crippen molar-refractivity contribution in [1.29, 1.82) is 0 Å². The fraction of sp³-hybridized carbons (Fsp3) is 0.500. The van der Waals surface area contributed by atoms with Gasteiger partial charge in [0.1, 0.15) is 6.54 Å². The molecule has 128 valence electrons. The van der Waals surface area contributed by atoms with E-state index in [1.165, 1.54) is 32.1 Å². The minimum Gasteiger partial charge on any atom is -0.352 e. The Labute approximate surface area is 143 Å². The Morgan fingerprint density at radius 3 is 2.46 bits per heavy atom. The third-order valence-corrected chi connectivity index (χ3v) is 4.95. The molecule has 24 heavy (non-hydrogen) atoms. The Morgan fingerprint density at radius 2 is 1.75 bits per heavy atom. The topological polar surface area (TPSA) is 51.1 Å². The van der Waals surface area contributed by atoms with Crippen molar-refractivity contribution in [3.8, 4) is 0 Å². The van der Waals surface area contributed by atoms with Gasteiger partial charge in [0.2, 0.25) is 5.91 Å².